The van der Waals surface area contributed by atoms with Crippen molar-refractivity contribution in [2.75, 3.05) is 18.1 Å². The lowest BCUT2D eigenvalue weighted by molar-refractivity contribution is 0.0900. The highest BCUT2D eigenvalue weighted by Crippen LogP contribution is 2.27. The summed E-state index contributed by atoms with van der Waals surface area (Å²) in [5.41, 5.74) is 0.141. The largest absolute Gasteiger partial charge is 0.478 e. The molecule has 0 spiro atoms. The number of aromatic nitrogens is 3. The van der Waals surface area contributed by atoms with Gasteiger partial charge in [0.15, 0.2) is 5.82 Å². The first-order chi connectivity index (χ1) is 16.4. The van der Waals surface area contributed by atoms with Crippen LogP contribution in [0.5, 0.6) is 5.88 Å². The van der Waals surface area contributed by atoms with Crippen LogP contribution in [0.2, 0.25) is 0 Å². The predicted molar refractivity (Wildman–Crippen MR) is 131 cm³/mol. The van der Waals surface area contributed by atoms with Crippen LogP contribution in [0.1, 0.15) is 56.9 Å². The van der Waals surface area contributed by atoms with E-state index in [0.29, 0.717) is 36.0 Å². The van der Waals surface area contributed by atoms with E-state index in [1.807, 2.05) is 20.8 Å². The molecule has 0 radical (unpaired) electrons. The second-order valence-corrected chi connectivity index (χ2v) is 11.7. The molecule has 1 aromatic carbocycles. The molecule has 1 aliphatic heterocycles. The Morgan fingerprint density at radius 2 is 1.91 bits per heavy atom. The van der Waals surface area contributed by atoms with E-state index in [0.717, 1.165) is 6.20 Å². The van der Waals surface area contributed by atoms with E-state index < -0.39 is 26.9 Å². The van der Waals surface area contributed by atoms with Crippen molar-refractivity contribution in [2.45, 2.75) is 52.1 Å². The van der Waals surface area contributed by atoms with Gasteiger partial charge in [0.2, 0.25) is 5.88 Å². The van der Waals surface area contributed by atoms with Gasteiger partial charge in [-0.3, -0.25) is 13.9 Å². The lowest BCUT2D eigenvalue weighted by Crippen LogP contribution is -2.50. The number of amides is 1. The number of carbonyl (C=O) groups is 1. The lowest BCUT2D eigenvalue weighted by Gasteiger charge is -2.34. The van der Waals surface area contributed by atoms with Gasteiger partial charge in [0, 0.05) is 23.2 Å². The molecule has 0 unspecified atom stereocenters. The fourth-order valence-corrected chi connectivity index (χ4v) is 6.09. The summed E-state index contributed by atoms with van der Waals surface area (Å²) >= 11 is 0. The number of benzene rings is 1. The Morgan fingerprint density at radius 3 is 2.54 bits per heavy atom. The van der Waals surface area contributed by atoms with Crippen LogP contribution in [0.3, 0.4) is 0 Å². The van der Waals surface area contributed by atoms with Crippen molar-refractivity contribution in [1.82, 2.24) is 19.4 Å². The summed E-state index contributed by atoms with van der Waals surface area (Å²) in [6, 6.07) is 5.90. The van der Waals surface area contributed by atoms with E-state index in [2.05, 4.69) is 10.3 Å². The Hall–Kier alpha value is -3.21. The highest BCUT2D eigenvalue weighted by atomic mass is 32.2. The number of nitrogens with zero attached hydrogens (tertiary/aromatic N) is 3. The maximum Gasteiger partial charge on any atom is 0.334 e. The number of hydrogen-bond acceptors (Lipinski definition) is 6. The standard InChI is InChI=1S/C24H29FN4O5S/c1-5-34-21-13-19(17(25)14-26-21)29-18-7-6-16(12-20(18)28(15(2)3)23(29)31)22(30)27-24(4)8-10-35(32,33)11-9-24/h6-7,12-15H,5,8-11H2,1-4H3,(H,27,30). The van der Waals surface area contributed by atoms with Crippen LogP contribution in [0, 0.1) is 5.82 Å². The molecule has 1 saturated heterocycles. The SMILES string of the molecule is CCOc1cc(-n2c(=O)n(C(C)C)c3cc(C(=O)NC4(C)CCS(=O)(=O)CC4)ccc32)c(F)cn1. The van der Waals surface area contributed by atoms with Gasteiger partial charge in [-0.2, -0.15) is 0 Å². The van der Waals surface area contributed by atoms with E-state index in [-0.39, 0.29) is 35.0 Å². The van der Waals surface area contributed by atoms with Crippen LogP contribution in [0.15, 0.2) is 35.3 Å². The van der Waals surface area contributed by atoms with Crippen LogP contribution in [-0.2, 0) is 9.84 Å². The zero-order valence-corrected chi connectivity index (χ0v) is 21.0. The lowest BCUT2D eigenvalue weighted by atomic mass is 9.94. The maximum absolute atomic E-state index is 14.8. The van der Waals surface area contributed by atoms with Gasteiger partial charge in [-0.1, -0.05) is 0 Å². The Kier molecular flexibility index (Phi) is 6.48. The van der Waals surface area contributed by atoms with Crippen LogP contribution >= 0.6 is 0 Å². The summed E-state index contributed by atoms with van der Waals surface area (Å²) in [4.78, 5) is 30.4. The van der Waals surface area contributed by atoms with Gasteiger partial charge in [0.25, 0.3) is 5.91 Å². The highest BCUT2D eigenvalue weighted by Gasteiger charge is 2.35. The van der Waals surface area contributed by atoms with Gasteiger partial charge < -0.3 is 10.1 Å². The third kappa shape index (κ3) is 4.82. The quantitative estimate of drug-likeness (QED) is 0.552. The van der Waals surface area contributed by atoms with Gasteiger partial charge in [-0.15, -0.1) is 0 Å². The first-order valence-corrected chi connectivity index (χ1v) is 13.4. The molecule has 2 aromatic heterocycles. The van der Waals surface area contributed by atoms with Crippen LogP contribution in [0.4, 0.5) is 4.39 Å². The molecule has 188 valence electrons. The Labute approximate surface area is 202 Å². The molecule has 11 heteroatoms. The molecule has 0 saturated carbocycles. The summed E-state index contributed by atoms with van der Waals surface area (Å²) in [5.74, 6) is -0.794. The van der Waals surface area contributed by atoms with E-state index in [1.54, 1.807) is 25.1 Å². The average Bonchev–Trinajstić information content (AvgIpc) is 3.08. The minimum absolute atomic E-state index is 0.00553. The van der Waals surface area contributed by atoms with Gasteiger partial charge in [-0.05, 0) is 58.7 Å². The second kappa shape index (κ2) is 9.10. The summed E-state index contributed by atoms with van der Waals surface area (Å²) in [7, 11) is -3.07. The van der Waals surface area contributed by atoms with Crippen molar-refractivity contribution in [1.29, 1.82) is 0 Å². The molecule has 3 heterocycles. The number of ether oxygens (including phenoxy) is 1. The number of nitrogens with one attached hydrogen (secondary N) is 1. The van der Waals surface area contributed by atoms with Crippen molar-refractivity contribution in [3.8, 4) is 11.6 Å². The minimum atomic E-state index is -3.07. The van der Waals surface area contributed by atoms with Crippen molar-refractivity contribution in [2.24, 2.45) is 0 Å². The van der Waals surface area contributed by atoms with Gasteiger partial charge in [0.1, 0.15) is 9.84 Å². The molecule has 1 fully saturated rings. The highest BCUT2D eigenvalue weighted by molar-refractivity contribution is 7.91. The summed E-state index contributed by atoms with van der Waals surface area (Å²) in [6.07, 6.45) is 1.68. The minimum Gasteiger partial charge on any atom is -0.478 e. The number of hydrogen-bond donors (Lipinski definition) is 1. The molecule has 9 nitrogen and oxygen atoms in total. The molecule has 3 aromatic rings. The second-order valence-electron chi connectivity index (χ2n) is 9.36. The molecule has 35 heavy (non-hydrogen) atoms. The number of rotatable bonds is 6. The fourth-order valence-electron chi connectivity index (χ4n) is 4.36. The van der Waals surface area contributed by atoms with Crippen LogP contribution in [-0.4, -0.2) is 52.1 Å². The van der Waals surface area contributed by atoms with Crippen molar-refractivity contribution >= 4 is 26.8 Å². The third-order valence-corrected chi connectivity index (χ3v) is 7.99. The smallest absolute Gasteiger partial charge is 0.334 e. The normalized spacial score (nSPS) is 17.0. The van der Waals surface area contributed by atoms with E-state index in [1.165, 1.54) is 15.2 Å². The molecule has 1 N–H and O–H groups in total. The number of carbonyl (C=O) groups excluding carboxylic acids is 1. The van der Waals surface area contributed by atoms with Gasteiger partial charge >= 0.3 is 5.69 Å². The zero-order chi connectivity index (χ0) is 25.5. The first kappa shape index (κ1) is 24.9. The van der Waals surface area contributed by atoms with E-state index >= 15 is 0 Å². The molecular formula is C24H29FN4O5S. The first-order valence-electron chi connectivity index (χ1n) is 11.5. The number of pyridine rings is 1. The Balaban J connectivity index is 1.77. The monoisotopic (exact) mass is 504 g/mol. The molecule has 0 aliphatic carbocycles. The van der Waals surface area contributed by atoms with E-state index in [4.69, 9.17) is 4.74 Å². The molecular weight excluding hydrogens is 475 g/mol. The van der Waals surface area contributed by atoms with Crippen molar-refractivity contribution < 1.29 is 22.3 Å². The Bertz CT molecular complexity index is 1440. The summed E-state index contributed by atoms with van der Waals surface area (Å²) in [5, 5.41) is 2.96. The molecule has 0 atom stereocenters. The topological polar surface area (TPSA) is 112 Å². The zero-order valence-electron chi connectivity index (χ0n) is 20.2. The van der Waals surface area contributed by atoms with Crippen molar-refractivity contribution in [3.63, 3.8) is 0 Å². The molecule has 1 amide bonds. The average molecular weight is 505 g/mol. The number of fused-ring (bicyclic) bond motifs is 1. The van der Waals surface area contributed by atoms with Gasteiger partial charge in [-0.25, -0.2) is 22.6 Å². The van der Waals surface area contributed by atoms with Crippen LogP contribution < -0.4 is 15.7 Å². The Morgan fingerprint density at radius 1 is 1.23 bits per heavy atom. The molecule has 0 bridgehead atoms. The van der Waals surface area contributed by atoms with Crippen molar-refractivity contribution in [3.05, 3.63) is 52.3 Å². The number of sulfone groups is 1. The number of halogens is 1. The van der Waals surface area contributed by atoms with E-state index in [9.17, 15) is 22.4 Å². The summed E-state index contributed by atoms with van der Waals surface area (Å²) < 4.78 is 46.5. The predicted octanol–water partition coefficient (Wildman–Crippen LogP) is 3.00. The number of imidazole rings is 1. The molecule has 4 rings (SSSR count). The third-order valence-electron chi connectivity index (χ3n) is 6.34. The van der Waals surface area contributed by atoms with Crippen LogP contribution in [0.25, 0.3) is 16.7 Å². The fraction of sp³-hybridized carbons (Fsp3) is 0.458. The maximum atomic E-state index is 14.8. The summed E-state index contributed by atoms with van der Waals surface area (Å²) in [6.45, 7) is 7.61. The molecule has 1 aliphatic rings. The van der Waals surface area contributed by atoms with Gasteiger partial charge in [0.05, 0.1) is 41.0 Å².